The largest absolute Gasteiger partial charge is 0.325 e. The highest BCUT2D eigenvalue weighted by Gasteiger charge is 2.14. The van der Waals surface area contributed by atoms with Crippen molar-refractivity contribution in [3.63, 3.8) is 0 Å². The van der Waals surface area contributed by atoms with Gasteiger partial charge in [-0.25, -0.2) is 4.98 Å². The number of hydrogen-bond acceptors (Lipinski definition) is 3. The Morgan fingerprint density at radius 2 is 2.26 bits per heavy atom. The molecule has 5 heteroatoms. The molecule has 4 nitrogen and oxygen atoms in total. The summed E-state index contributed by atoms with van der Waals surface area (Å²) in [6, 6.07) is 5.95. The molecule has 0 saturated heterocycles. The summed E-state index contributed by atoms with van der Waals surface area (Å²) in [5, 5.41) is 0. The van der Waals surface area contributed by atoms with Gasteiger partial charge in [-0.15, -0.1) is 0 Å². The maximum atomic E-state index is 5.90. The van der Waals surface area contributed by atoms with E-state index in [0.29, 0.717) is 6.54 Å². The van der Waals surface area contributed by atoms with Crippen LogP contribution >= 0.6 is 15.9 Å². The normalized spacial score (nSPS) is 11.1. The van der Waals surface area contributed by atoms with E-state index in [1.807, 2.05) is 35.9 Å². The van der Waals surface area contributed by atoms with Crippen LogP contribution in [-0.4, -0.2) is 14.4 Å². The number of rotatable bonds is 2. The fourth-order valence-corrected chi connectivity index (χ4v) is 2.79. The van der Waals surface area contributed by atoms with Crippen molar-refractivity contribution >= 4 is 21.6 Å². The lowest BCUT2D eigenvalue weighted by molar-refractivity contribution is 0.956. The van der Waals surface area contributed by atoms with E-state index in [2.05, 4.69) is 27.0 Å². The highest BCUT2D eigenvalue weighted by Crippen LogP contribution is 2.26. The molecule has 0 aliphatic carbocycles. The third-order valence-corrected chi connectivity index (χ3v) is 3.53. The number of nitrogens with zero attached hydrogens (tertiary/aromatic N) is 3. The van der Waals surface area contributed by atoms with Gasteiger partial charge in [0.05, 0.1) is 11.4 Å². The van der Waals surface area contributed by atoms with E-state index < -0.39 is 0 Å². The monoisotopic (exact) mass is 316 g/mol. The number of fused-ring (bicyclic) bond motifs is 1. The third kappa shape index (κ3) is 2.05. The number of nitrogens with two attached hydrogens (primary N) is 1. The van der Waals surface area contributed by atoms with E-state index in [1.165, 1.54) is 0 Å². The maximum absolute atomic E-state index is 5.90. The second-order valence-electron chi connectivity index (χ2n) is 4.39. The van der Waals surface area contributed by atoms with E-state index in [0.717, 1.165) is 32.6 Å². The van der Waals surface area contributed by atoms with Gasteiger partial charge in [0.2, 0.25) is 0 Å². The summed E-state index contributed by atoms with van der Waals surface area (Å²) < 4.78 is 3.06. The van der Waals surface area contributed by atoms with E-state index in [1.54, 1.807) is 6.20 Å². The summed E-state index contributed by atoms with van der Waals surface area (Å²) in [4.78, 5) is 8.86. The smallest absolute Gasteiger partial charge is 0.140 e. The van der Waals surface area contributed by atoms with E-state index in [9.17, 15) is 0 Å². The summed E-state index contributed by atoms with van der Waals surface area (Å²) in [6.45, 7) is 2.47. The van der Waals surface area contributed by atoms with Gasteiger partial charge in [0.15, 0.2) is 0 Å². The van der Waals surface area contributed by atoms with Gasteiger partial charge in [0, 0.05) is 35.2 Å². The lowest BCUT2D eigenvalue weighted by Crippen LogP contribution is -2.03. The lowest BCUT2D eigenvalue weighted by atomic mass is 10.2. The zero-order chi connectivity index (χ0) is 13.4. The quantitative estimate of drug-likeness (QED) is 0.790. The van der Waals surface area contributed by atoms with Crippen molar-refractivity contribution in [2.24, 2.45) is 5.73 Å². The molecule has 2 N–H and O–H groups in total. The van der Waals surface area contributed by atoms with Gasteiger partial charge in [0.1, 0.15) is 5.65 Å². The Balaban J connectivity index is 2.35. The van der Waals surface area contributed by atoms with Gasteiger partial charge in [-0.3, -0.25) is 4.98 Å². The lowest BCUT2D eigenvalue weighted by Gasteiger charge is -2.03. The van der Waals surface area contributed by atoms with Crippen molar-refractivity contribution in [2.45, 2.75) is 13.5 Å². The van der Waals surface area contributed by atoms with Gasteiger partial charge >= 0.3 is 0 Å². The second kappa shape index (κ2) is 4.75. The first-order valence-electron chi connectivity index (χ1n) is 5.98. The minimum Gasteiger partial charge on any atom is -0.325 e. The van der Waals surface area contributed by atoms with Gasteiger partial charge in [0.25, 0.3) is 0 Å². The molecule has 0 spiro atoms. The minimum absolute atomic E-state index is 0.432. The first-order chi connectivity index (χ1) is 9.20. The third-order valence-electron chi connectivity index (χ3n) is 3.10. The van der Waals surface area contributed by atoms with Crippen molar-refractivity contribution in [1.29, 1.82) is 0 Å². The number of imidazole rings is 1. The molecule has 3 rings (SSSR count). The summed E-state index contributed by atoms with van der Waals surface area (Å²) in [7, 11) is 0. The van der Waals surface area contributed by atoms with Crippen LogP contribution in [0.4, 0.5) is 0 Å². The number of aryl methyl sites for hydroxylation is 1. The van der Waals surface area contributed by atoms with Crippen LogP contribution in [0.2, 0.25) is 0 Å². The molecule has 0 unspecified atom stereocenters. The first-order valence-corrected chi connectivity index (χ1v) is 6.77. The van der Waals surface area contributed by atoms with Crippen LogP contribution in [0, 0.1) is 6.92 Å². The molecule has 0 aliphatic heterocycles. The Morgan fingerprint density at radius 3 is 2.95 bits per heavy atom. The van der Waals surface area contributed by atoms with Crippen molar-refractivity contribution in [3.8, 4) is 11.3 Å². The topological polar surface area (TPSA) is 56.2 Å². The molecule has 3 aromatic rings. The maximum Gasteiger partial charge on any atom is 0.140 e. The zero-order valence-electron chi connectivity index (χ0n) is 10.5. The number of aromatic nitrogens is 3. The van der Waals surface area contributed by atoms with Crippen LogP contribution in [-0.2, 0) is 6.54 Å². The van der Waals surface area contributed by atoms with Crippen LogP contribution in [0.1, 0.15) is 11.3 Å². The van der Waals surface area contributed by atoms with E-state index >= 15 is 0 Å². The van der Waals surface area contributed by atoms with Crippen LogP contribution in [0.25, 0.3) is 16.9 Å². The molecule has 0 atom stereocenters. The van der Waals surface area contributed by atoms with Gasteiger partial charge in [-0.05, 0) is 46.6 Å². The highest BCUT2D eigenvalue weighted by molar-refractivity contribution is 9.10. The summed E-state index contributed by atoms with van der Waals surface area (Å²) in [6.07, 6.45) is 5.56. The predicted molar refractivity (Wildman–Crippen MR) is 78.8 cm³/mol. The first kappa shape index (κ1) is 12.3. The van der Waals surface area contributed by atoms with Crippen molar-refractivity contribution in [3.05, 3.63) is 52.5 Å². The molecule has 0 aliphatic rings. The zero-order valence-corrected chi connectivity index (χ0v) is 12.1. The Kier molecular flexibility index (Phi) is 3.08. The Hall–Kier alpha value is -1.72. The molecule has 0 bridgehead atoms. The summed E-state index contributed by atoms with van der Waals surface area (Å²) >= 11 is 3.51. The second-order valence-corrected chi connectivity index (χ2v) is 5.30. The van der Waals surface area contributed by atoms with Crippen LogP contribution in [0.5, 0.6) is 0 Å². The van der Waals surface area contributed by atoms with E-state index in [-0.39, 0.29) is 0 Å². The molecule has 0 aromatic carbocycles. The van der Waals surface area contributed by atoms with Crippen LogP contribution < -0.4 is 5.73 Å². The highest BCUT2D eigenvalue weighted by atomic mass is 79.9. The fraction of sp³-hybridized carbons (Fsp3) is 0.143. The molecule has 0 radical (unpaired) electrons. The Labute approximate surface area is 119 Å². The number of halogens is 1. The fourth-order valence-electron chi connectivity index (χ4n) is 2.24. The molecule has 0 amide bonds. The molecular weight excluding hydrogens is 304 g/mol. The SMILES string of the molecule is Cc1cc(Br)cn2c(CN)c(-c3cccnc3)nc12. The van der Waals surface area contributed by atoms with Crippen molar-refractivity contribution in [1.82, 2.24) is 14.4 Å². The molecule has 19 heavy (non-hydrogen) atoms. The average Bonchev–Trinajstić information content (AvgIpc) is 2.78. The Bertz CT molecular complexity index is 734. The van der Waals surface area contributed by atoms with Crippen molar-refractivity contribution < 1.29 is 0 Å². The Morgan fingerprint density at radius 1 is 1.42 bits per heavy atom. The molecule has 96 valence electrons. The number of hydrogen-bond donors (Lipinski definition) is 1. The molecule has 3 heterocycles. The molecule has 0 fully saturated rings. The minimum atomic E-state index is 0.432. The standard InChI is InChI=1S/C14H13BrN4/c1-9-5-11(15)8-19-12(6-16)13(18-14(9)19)10-3-2-4-17-7-10/h2-5,7-8H,6,16H2,1H3. The molecule has 0 saturated carbocycles. The molecular formula is C14H13BrN4. The van der Waals surface area contributed by atoms with Crippen LogP contribution in [0.3, 0.4) is 0 Å². The van der Waals surface area contributed by atoms with E-state index in [4.69, 9.17) is 10.7 Å². The average molecular weight is 317 g/mol. The summed E-state index contributed by atoms with van der Waals surface area (Å²) in [5.74, 6) is 0. The van der Waals surface area contributed by atoms with Gasteiger partial charge in [-0.2, -0.15) is 0 Å². The van der Waals surface area contributed by atoms with Gasteiger partial charge < -0.3 is 10.1 Å². The van der Waals surface area contributed by atoms with Crippen LogP contribution in [0.15, 0.2) is 41.3 Å². The van der Waals surface area contributed by atoms with Crippen molar-refractivity contribution in [2.75, 3.05) is 0 Å². The predicted octanol–water partition coefficient (Wildman–Crippen LogP) is 2.93. The number of pyridine rings is 2. The summed E-state index contributed by atoms with van der Waals surface area (Å²) in [5.41, 5.74) is 10.8. The van der Waals surface area contributed by atoms with Gasteiger partial charge in [-0.1, -0.05) is 0 Å². The molecule has 3 aromatic heterocycles.